The number of aromatic nitrogens is 2. The number of para-hydroxylation sites is 1. The molecule has 29 heavy (non-hydrogen) atoms. The maximum atomic E-state index is 12.7. The Morgan fingerprint density at radius 2 is 2.00 bits per heavy atom. The lowest BCUT2D eigenvalue weighted by Crippen LogP contribution is -2.19. The van der Waals surface area contributed by atoms with E-state index in [1.165, 1.54) is 6.20 Å². The Balaban J connectivity index is 1.38. The molecule has 0 spiro atoms. The molecule has 1 atom stereocenters. The number of rotatable bonds is 7. The van der Waals surface area contributed by atoms with Crippen LogP contribution in [0.5, 0.6) is 17.4 Å². The molecular weight excluding hydrogens is 370 g/mol. The molecule has 0 saturated carbocycles. The Morgan fingerprint density at radius 1 is 1.14 bits per heavy atom. The van der Waals surface area contributed by atoms with Crippen molar-refractivity contribution < 1.29 is 19.0 Å². The molecule has 2 heterocycles. The Bertz CT molecular complexity index is 942. The van der Waals surface area contributed by atoms with Gasteiger partial charge in [-0.3, -0.25) is 9.78 Å². The van der Waals surface area contributed by atoms with Gasteiger partial charge in [-0.05, 0) is 49.2 Å². The number of nitrogens with one attached hydrogen (secondary N) is 1. The van der Waals surface area contributed by atoms with Crippen LogP contribution in [0.15, 0.2) is 67.1 Å². The van der Waals surface area contributed by atoms with Crippen molar-refractivity contribution in [3.63, 3.8) is 0 Å². The summed E-state index contributed by atoms with van der Waals surface area (Å²) in [6.07, 6.45) is 6.79. The Morgan fingerprint density at radius 3 is 2.76 bits per heavy atom. The number of carbonyl (C=O) groups is 1. The lowest BCUT2D eigenvalue weighted by Gasteiger charge is -2.14. The quantitative estimate of drug-likeness (QED) is 0.653. The van der Waals surface area contributed by atoms with Crippen molar-refractivity contribution in [3.8, 4) is 17.4 Å². The van der Waals surface area contributed by atoms with Gasteiger partial charge in [0.05, 0.1) is 17.9 Å². The third-order valence-corrected chi connectivity index (χ3v) is 4.45. The molecule has 0 bridgehead atoms. The maximum absolute atomic E-state index is 12.7. The van der Waals surface area contributed by atoms with Crippen LogP contribution in [-0.2, 0) is 4.74 Å². The summed E-state index contributed by atoms with van der Waals surface area (Å²) in [6.45, 7) is 1.21. The third-order valence-electron chi connectivity index (χ3n) is 4.45. The second-order valence-corrected chi connectivity index (χ2v) is 6.57. The first-order valence-electron chi connectivity index (χ1n) is 9.46. The molecule has 2 aromatic carbocycles. The predicted octanol–water partition coefficient (Wildman–Crippen LogP) is 4.08. The van der Waals surface area contributed by atoms with Crippen LogP contribution in [-0.4, -0.2) is 35.2 Å². The van der Waals surface area contributed by atoms with E-state index in [2.05, 4.69) is 15.3 Å². The molecule has 1 amide bonds. The van der Waals surface area contributed by atoms with Crippen LogP contribution >= 0.6 is 0 Å². The molecule has 1 N–H and O–H groups in total. The first kappa shape index (κ1) is 18.9. The molecule has 1 saturated heterocycles. The molecule has 148 valence electrons. The fourth-order valence-electron chi connectivity index (χ4n) is 3.00. The average Bonchev–Trinajstić information content (AvgIpc) is 3.28. The smallest absolute Gasteiger partial charge is 0.259 e. The molecule has 3 aromatic rings. The van der Waals surface area contributed by atoms with Crippen molar-refractivity contribution in [2.24, 2.45) is 0 Å². The second-order valence-electron chi connectivity index (χ2n) is 6.57. The number of ether oxygens (including phenoxy) is 3. The van der Waals surface area contributed by atoms with Crippen LogP contribution in [0.25, 0.3) is 0 Å². The van der Waals surface area contributed by atoms with E-state index >= 15 is 0 Å². The van der Waals surface area contributed by atoms with E-state index in [1.807, 2.05) is 12.1 Å². The van der Waals surface area contributed by atoms with Gasteiger partial charge in [-0.2, -0.15) is 0 Å². The van der Waals surface area contributed by atoms with Gasteiger partial charge in [0.1, 0.15) is 18.1 Å². The van der Waals surface area contributed by atoms with Gasteiger partial charge >= 0.3 is 0 Å². The van der Waals surface area contributed by atoms with Crippen LogP contribution in [0.1, 0.15) is 23.2 Å². The zero-order valence-electron chi connectivity index (χ0n) is 15.8. The van der Waals surface area contributed by atoms with Gasteiger partial charge in [-0.1, -0.05) is 12.1 Å². The first-order valence-corrected chi connectivity index (χ1v) is 9.46. The predicted molar refractivity (Wildman–Crippen MR) is 107 cm³/mol. The minimum Gasteiger partial charge on any atom is -0.490 e. The van der Waals surface area contributed by atoms with Gasteiger partial charge in [0.2, 0.25) is 5.88 Å². The van der Waals surface area contributed by atoms with Crippen LogP contribution in [0.4, 0.5) is 5.69 Å². The summed E-state index contributed by atoms with van der Waals surface area (Å²) in [6, 6.07) is 14.2. The third kappa shape index (κ3) is 5.08. The fraction of sp³-hybridized carbons (Fsp3) is 0.227. The van der Waals surface area contributed by atoms with Crippen LogP contribution in [0.3, 0.4) is 0 Å². The lowest BCUT2D eigenvalue weighted by atomic mass is 10.1. The zero-order valence-corrected chi connectivity index (χ0v) is 15.8. The van der Waals surface area contributed by atoms with E-state index in [0.29, 0.717) is 35.2 Å². The van der Waals surface area contributed by atoms with Gasteiger partial charge in [0.25, 0.3) is 5.91 Å². The number of hydrogen-bond acceptors (Lipinski definition) is 6. The highest BCUT2D eigenvalue weighted by molar-refractivity contribution is 6.06. The Labute approximate surface area is 168 Å². The van der Waals surface area contributed by atoms with Gasteiger partial charge in [0, 0.05) is 24.7 Å². The normalized spacial score (nSPS) is 15.7. The summed E-state index contributed by atoms with van der Waals surface area (Å²) in [5.74, 6) is 1.31. The van der Waals surface area contributed by atoms with Crippen molar-refractivity contribution in [1.82, 2.24) is 9.97 Å². The topological polar surface area (TPSA) is 82.6 Å². The van der Waals surface area contributed by atoms with Crippen molar-refractivity contribution in [2.45, 2.75) is 18.9 Å². The van der Waals surface area contributed by atoms with E-state index in [9.17, 15) is 4.79 Å². The van der Waals surface area contributed by atoms with E-state index < -0.39 is 0 Å². The van der Waals surface area contributed by atoms with E-state index in [0.717, 1.165) is 19.4 Å². The molecule has 1 aliphatic rings. The summed E-state index contributed by atoms with van der Waals surface area (Å²) in [5.41, 5.74) is 1.13. The first-order chi connectivity index (χ1) is 14.3. The second kappa shape index (κ2) is 9.16. The highest BCUT2D eigenvalue weighted by Crippen LogP contribution is 2.24. The highest BCUT2D eigenvalue weighted by atomic mass is 16.5. The van der Waals surface area contributed by atoms with Crippen molar-refractivity contribution in [1.29, 1.82) is 0 Å². The van der Waals surface area contributed by atoms with E-state index in [4.69, 9.17) is 14.2 Å². The maximum Gasteiger partial charge on any atom is 0.259 e. The number of nitrogens with zero attached hydrogens (tertiary/aromatic N) is 2. The molecule has 1 aliphatic heterocycles. The summed E-state index contributed by atoms with van der Waals surface area (Å²) in [7, 11) is 0. The van der Waals surface area contributed by atoms with Crippen molar-refractivity contribution in [3.05, 3.63) is 72.7 Å². The van der Waals surface area contributed by atoms with Crippen LogP contribution in [0, 0.1) is 0 Å². The van der Waals surface area contributed by atoms with Gasteiger partial charge < -0.3 is 19.5 Å². The Hall–Kier alpha value is -3.45. The number of hydrogen-bond donors (Lipinski definition) is 1. The molecular formula is C22H21N3O4. The van der Waals surface area contributed by atoms with Gasteiger partial charge in [-0.25, -0.2) is 4.98 Å². The highest BCUT2D eigenvalue weighted by Gasteiger charge is 2.18. The molecule has 1 aromatic heterocycles. The van der Waals surface area contributed by atoms with E-state index in [1.54, 1.807) is 48.8 Å². The van der Waals surface area contributed by atoms with Crippen molar-refractivity contribution in [2.75, 3.05) is 18.5 Å². The van der Waals surface area contributed by atoms with Gasteiger partial charge in [0.15, 0.2) is 0 Å². The van der Waals surface area contributed by atoms with Crippen molar-refractivity contribution >= 4 is 11.6 Å². The average molecular weight is 391 g/mol. The molecule has 7 nitrogen and oxygen atoms in total. The van der Waals surface area contributed by atoms with E-state index in [-0.39, 0.29) is 12.0 Å². The van der Waals surface area contributed by atoms with Crippen LogP contribution in [0.2, 0.25) is 0 Å². The standard InChI is InChI=1S/C22H21N3O4/c26-22(19-5-1-2-6-20(19)28-15-18-4-3-13-27-18)25-16-7-9-17(10-8-16)29-21-14-23-11-12-24-21/h1-2,5-12,14,18H,3-4,13,15H2,(H,25,26)/t18-/m1/s1. The fourth-order valence-corrected chi connectivity index (χ4v) is 3.00. The summed E-state index contributed by atoms with van der Waals surface area (Å²) < 4.78 is 17.0. The zero-order chi connectivity index (χ0) is 19.9. The van der Waals surface area contributed by atoms with Crippen LogP contribution < -0.4 is 14.8 Å². The summed E-state index contributed by atoms with van der Waals surface area (Å²) in [5, 5.41) is 2.88. The summed E-state index contributed by atoms with van der Waals surface area (Å²) >= 11 is 0. The largest absolute Gasteiger partial charge is 0.490 e. The molecule has 7 heteroatoms. The molecule has 0 aliphatic carbocycles. The Kier molecular flexibility index (Phi) is 5.97. The summed E-state index contributed by atoms with van der Waals surface area (Å²) in [4.78, 5) is 20.8. The molecule has 1 fully saturated rings. The number of benzene rings is 2. The SMILES string of the molecule is O=C(Nc1ccc(Oc2cnccn2)cc1)c1ccccc1OC[C@H]1CCCO1. The molecule has 0 radical (unpaired) electrons. The number of amides is 1. The minimum atomic E-state index is -0.240. The molecule has 0 unspecified atom stereocenters. The minimum absolute atomic E-state index is 0.0907. The number of carbonyl (C=O) groups excluding carboxylic acids is 1. The lowest BCUT2D eigenvalue weighted by molar-refractivity contribution is 0.0673. The molecule has 4 rings (SSSR count). The monoisotopic (exact) mass is 391 g/mol. The van der Waals surface area contributed by atoms with Gasteiger partial charge in [-0.15, -0.1) is 0 Å². The number of anilines is 1.